The molecule has 0 spiro atoms. The topological polar surface area (TPSA) is 104 Å². The summed E-state index contributed by atoms with van der Waals surface area (Å²) in [4.78, 5) is 24.8. The molecule has 25 heavy (non-hydrogen) atoms. The molecule has 1 heterocycles. The van der Waals surface area contributed by atoms with Gasteiger partial charge in [0.15, 0.2) is 11.8 Å². The number of aliphatic imine (C=N–C) groups is 3. The standard InChI is InChI=1S/C18H30N6O/c1-6-8-9-10-18(5,12-21-14(4)25)24-16-15(20-11-7-2)13(3)22-17(19)23-16/h7,11H,3,6,8-10,12H2,1-2,4-5H3,(H,21,25)(H3,19,22,23,24)/b11-7-,20-15?. The molecule has 1 aliphatic rings. The van der Waals surface area contributed by atoms with Gasteiger partial charge in [-0.25, -0.2) is 0 Å². The fourth-order valence-corrected chi connectivity index (χ4v) is 2.42. The molecular weight excluding hydrogens is 316 g/mol. The molecule has 7 nitrogen and oxygen atoms in total. The fourth-order valence-electron chi connectivity index (χ4n) is 2.42. The summed E-state index contributed by atoms with van der Waals surface area (Å²) < 4.78 is 0. The number of carbonyl (C=O) groups is 1. The maximum atomic E-state index is 11.4. The predicted molar refractivity (Wildman–Crippen MR) is 105 cm³/mol. The van der Waals surface area contributed by atoms with Gasteiger partial charge in [0.2, 0.25) is 5.91 Å². The van der Waals surface area contributed by atoms with Gasteiger partial charge in [-0.05, 0) is 20.3 Å². The Bertz CT molecular complexity index is 617. The summed E-state index contributed by atoms with van der Waals surface area (Å²) in [7, 11) is 0. The molecule has 1 rings (SSSR count). The zero-order valence-corrected chi connectivity index (χ0v) is 15.7. The van der Waals surface area contributed by atoms with Gasteiger partial charge in [0.05, 0.1) is 11.2 Å². The quantitative estimate of drug-likeness (QED) is 0.587. The van der Waals surface area contributed by atoms with Crippen LogP contribution in [0.2, 0.25) is 0 Å². The molecule has 1 unspecified atom stereocenters. The molecule has 0 saturated heterocycles. The van der Waals surface area contributed by atoms with Gasteiger partial charge < -0.3 is 16.4 Å². The highest BCUT2D eigenvalue weighted by Gasteiger charge is 2.27. The van der Waals surface area contributed by atoms with E-state index in [0.717, 1.165) is 25.7 Å². The van der Waals surface area contributed by atoms with E-state index in [2.05, 4.69) is 34.1 Å². The lowest BCUT2D eigenvalue weighted by Gasteiger charge is -2.27. The minimum absolute atomic E-state index is 0.0811. The second-order valence-corrected chi connectivity index (χ2v) is 6.36. The van der Waals surface area contributed by atoms with E-state index >= 15 is 0 Å². The summed E-state index contributed by atoms with van der Waals surface area (Å²) in [6.07, 6.45) is 7.56. The van der Waals surface area contributed by atoms with Crippen LogP contribution in [0.25, 0.3) is 0 Å². The van der Waals surface area contributed by atoms with E-state index < -0.39 is 5.54 Å². The number of guanidine groups is 1. The minimum Gasteiger partial charge on any atom is -0.369 e. The lowest BCUT2D eigenvalue weighted by molar-refractivity contribution is -0.119. The summed E-state index contributed by atoms with van der Waals surface area (Å²) in [6.45, 7) is 11.9. The van der Waals surface area contributed by atoms with Crippen LogP contribution in [0.15, 0.2) is 39.5 Å². The van der Waals surface area contributed by atoms with Crippen LogP contribution in [0.4, 0.5) is 0 Å². The average molecular weight is 346 g/mol. The molecular formula is C18H30N6O. The molecule has 0 aromatic carbocycles. The van der Waals surface area contributed by atoms with E-state index in [1.54, 1.807) is 6.20 Å². The Balaban J connectivity index is 3.22. The number of allylic oxidation sites excluding steroid dienone is 1. The predicted octanol–water partition coefficient (Wildman–Crippen LogP) is 2.27. The van der Waals surface area contributed by atoms with Gasteiger partial charge in [0, 0.05) is 19.7 Å². The summed E-state index contributed by atoms with van der Waals surface area (Å²) in [6, 6.07) is 0. The van der Waals surface area contributed by atoms with Crippen LogP contribution in [-0.2, 0) is 4.79 Å². The van der Waals surface area contributed by atoms with Gasteiger partial charge in [0.25, 0.3) is 0 Å². The Morgan fingerprint density at radius 1 is 1.48 bits per heavy atom. The van der Waals surface area contributed by atoms with E-state index in [9.17, 15) is 4.79 Å². The normalized spacial score (nSPS) is 20.5. The van der Waals surface area contributed by atoms with Gasteiger partial charge in [-0.3, -0.25) is 14.8 Å². The SMILES string of the molecule is C=C1NC(N)=NC(=NC(C)(CCCCC)CNC(C)=O)C1=N/C=C\C. The first-order valence-electron chi connectivity index (χ1n) is 8.65. The second-order valence-electron chi connectivity index (χ2n) is 6.36. The van der Waals surface area contributed by atoms with E-state index in [1.807, 2.05) is 19.9 Å². The van der Waals surface area contributed by atoms with Crippen molar-refractivity contribution < 1.29 is 4.79 Å². The number of hydrogen-bond acceptors (Lipinski definition) is 5. The van der Waals surface area contributed by atoms with Gasteiger partial charge in [-0.2, -0.15) is 4.99 Å². The van der Waals surface area contributed by atoms with E-state index in [4.69, 9.17) is 10.7 Å². The molecule has 7 heteroatoms. The van der Waals surface area contributed by atoms with Crippen molar-refractivity contribution in [3.8, 4) is 0 Å². The molecule has 0 aromatic rings. The molecule has 4 N–H and O–H groups in total. The third-order valence-electron chi connectivity index (χ3n) is 3.77. The van der Waals surface area contributed by atoms with Crippen molar-refractivity contribution in [3.63, 3.8) is 0 Å². The average Bonchev–Trinajstić information content (AvgIpc) is 2.52. The largest absolute Gasteiger partial charge is 0.369 e. The first-order chi connectivity index (χ1) is 11.8. The Hall–Kier alpha value is -2.44. The molecule has 0 radical (unpaired) electrons. The van der Waals surface area contributed by atoms with Crippen LogP contribution in [0, 0.1) is 0 Å². The zero-order valence-electron chi connectivity index (χ0n) is 15.7. The third kappa shape index (κ3) is 6.91. The molecule has 0 bridgehead atoms. The number of nitrogens with two attached hydrogens (primary N) is 1. The zero-order chi connectivity index (χ0) is 18.9. The maximum absolute atomic E-state index is 11.4. The number of amides is 1. The van der Waals surface area contributed by atoms with Crippen LogP contribution in [-0.4, -0.2) is 35.5 Å². The molecule has 0 aromatic heterocycles. The fraction of sp³-hybridized carbons (Fsp3) is 0.556. The number of unbranched alkanes of at least 4 members (excludes halogenated alkanes) is 2. The number of amidine groups is 1. The van der Waals surface area contributed by atoms with Crippen LogP contribution >= 0.6 is 0 Å². The van der Waals surface area contributed by atoms with E-state index in [0.29, 0.717) is 23.8 Å². The summed E-state index contributed by atoms with van der Waals surface area (Å²) in [5.74, 6) is 0.588. The van der Waals surface area contributed by atoms with Crippen molar-refractivity contribution in [1.29, 1.82) is 0 Å². The van der Waals surface area contributed by atoms with Crippen molar-refractivity contribution in [2.75, 3.05) is 6.54 Å². The summed E-state index contributed by atoms with van der Waals surface area (Å²) in [5.41, 5.74) is 6.44. The highest BCUT2D eigenvalue weighted by atomic mass is 16.1. The number of carbonyl (C=O) groups excluding carboxylic acids is 1. The smallest absolute Gasteiger partial charge is 0.216 e. The van der Waals surface area contributed by atoms with Gasteiger partial charge in [0.1, 0.15) is 5.71 Å². The van der Waals surface area contributed by atoms with E-state index in [-0.39, 0.29) is 11.9 Å². The minimum atomic E-state index is -0.492. The van der Waals surface area contributed by atoms with Crippen molar-refractivity contribution in [2.24, 2.45) is 20.7 Å². The number of hydrogen-bond donors (Lipinski definition) is 3. The van der Waals surface area contributed by atoms with Crippen LogP contribution in [0.1, 0.15) is 53.4 Å². The van der Waals surface area contributed by atoms with Crippen LogP contribution < -0.4 is 16.4 Å². The molecule has 1 amide bonds. The lowest BCUT2D eigenvalue weighted by atomic mass is 9.94. The summed E-state index contributed by atoms with van der Waals surface area (Å²) in [5, 5.41) is 5.74. The summed E-state index contributed by atoms with van der Waals surface area (Å²) >= 11 is 0. The molecule has 138 valence electrons. The second kappa shape index (κ2) is 9.76. The molecule has 0 fully saturated rings. The first kappa shape index (κ1) is 20.6. The molecule has 1 aliphatic heterocycles. The number of rotatable bonds is 8. The highest BCUT2D eigenvalue weighted by molar-refractivity contribution is 6.50. The van der Waals surface area contributed by atoms with Gasteiger partial charge >= 0.3 is 0 Å². The Morgan fingerprint density at radius 2 is 2.20 bits per heavy atom. The van der Waals surface area contributed by atoms with Crippen LogP contribution in [0.3, 0.4) is 0 Å². The Morgan fingerprint density at radius 3 is 2.80 bits per heavy atom. The van der Waals surface area contributed by atoms with Crippen LogP contribution in [0.5, 0.6) is 0 Å². The highest BCUT2D eigenvalue weighted by Crippen LogP contribution is 2.21. The monoisotopic (exact) mass is 346 g/mol. The number of nitrogens with one attached hydrogen (secondary N) is 2. The van der Waals surface area contributed by atoms with E-state index in [1.165, 1.54) is 6.92 Å². The Kier molecular flexibility index (Phi) is 8.04. The van der Waals surface area contributed by atoms with Crippen molar-refractivity contribution in [2.45, 2.75) is 58.9 Å². The molecule has 0 saturated carbocycles. The van der Waals surface area contributed by atoms with Crippen molar-refractivity contribution in [3.05, 3.63) is 24.6 Å². The lowest BCUT2D eigenvalue weighted by Crippen LogP contribution is -2.44. The maximum Gasteiger partial charge on any atom is 0.216 e. The molecule has 0 aliphatic carbocycles. The first-order valence-corrected chi connectivity index (χ1v) is 8.65. The third-order valence-corrected chi connectivity index (χ3v) is 3.77. The van der Waals surface area contributed by atoms with Crippen molar-refractivity contribution >= 4 is 23.4 Å². The number of nitrogens with zero attached hydrogens (tertiary/aromatic N) is 3. The van der Waals surface area contributed by atoms with Gasteiger partial charge in [-0.1, -0.05) is 38.8 Å². The molecule has 1 atom stereocenters. The van der Waals surface area contributed by atoms with Gasteiger partial charge in [-0.15, -0.1) is 0 Å². The Labute approximate surface area is 150 Å². The van der Waals surface area contributed by atoms with Crippen molar-refractivity contribution in [1.82, 2.24) is 10.6 Å².